The summed E-state index contributed by atoms with van der Waals surface area (Å²) in [5.41, 5.74) is 0.217. The summed E-state index contributed by atoms with van der Waals surface area (Å²) >= 11 is 0. The Morgan fingerprint density at radius 3 is 2.74 bits per heavy atom. The third-order valence-corrected chi connectivity index (χ3v) is 2.46. The molecule has 5 heteroatoms. The van der Waals surface area contributed by atoms with Crippen molar-refractivity contribution in [3.8, 4) is 5.75 Å². The van der Waals surface area contributed by atoms with Crippen molar-refractivity contribution in [1.82, 2.24) is 10.6 Å². The molecule has 0 aliphatic heterocycles. The first-order valence-corrected chi connectivity index (χ1v) is 5.97. The molecule has 1 aromatic carbocycles. The van der Waals surface area contributed by atoms with E-state index in [1.807, 2.05) is 24.3 Å². The molecule has 1 rings (SSSR count). The number of para-hydroxylation sites is 1. The molecule has 0 bridgehead atoms. The predicted molar refractivity (Wildman–Crippen MR) is 74.9 cm³/mol. The van der Waals surface area contributed by atoms with E-state index in [0.717, 1.165) is 11.3 Å². The fourth-order valence-corrected chi connectivity index (χ4v) is 1.39. The van der Waals surface area contributed by atoms with Gasteiger partial charge >= 0.3 is 6.03 Å². The highest BCUT2D eigenvalue weighted by Crippen LogP contribution is 2.18. The van der Waals surface area contributed by atoms with Crippen LogP contribution in [0.15, 0.2) is 30.5 Å². The maximum atomic E-state index is 11.5. The van der Waals surface area contributed by atoms with Crippen LogP contribution in [0.5, 0.6) is 5.75 Å². The largest absolute Gasteiger partial charge is 0.496 e. The Balaban J connectivity index is 2.57. The molecule has 0 unspecified atom stereocenters. The van der Waals surface area contributed by atoms with Crippen LogP contribution in [0, 0.1) is 0 Å². The van der Waals surface area contributed by atoms with Crippen LogP contribution in [0.4, 0.5) is 4.79 Å². The standard InChI is InChI=1S/C14H20N2O3/c1-14(2,10-17)16-13(18)15-9-8-11-6-4-5-7-12(11)19-3/h4-9,17H,10H2,1-3H3,(H2,15,16,18)/b9-8+. The number of amides is 2. The Bertz CT molecular complexity index is 456. The first-order chi connectivity index (χ1) is 8.98. The number of rotatable bonds is 5. The number of ether oxygens (including phenoxy) is 1. The highest BCUT2D eigenvalue weighted by molar-refractivity contribution is 5.76. The van der Waals surface area contributed by atoms with Gasteiger partial charge in [-0.3, -0.25) is 0 Å². The second-order valence-corrected chi connectivity index (χ2v) is 4.72. The van der Waals surface area contributed by atoms with Crippen molar-refractivity contribution >= 4 is 12.1 Å². The molecule has 0 radical (unpaired) electrons. The summed E-state index contributed by atoms with van der Waals surface area (Å²) in [6.07, 6.45) is 3.27. The lowest BCUT2D eigenvalue weighted by molar-refractivity contribution is 0.183. The van der Waals surface area contributed by atoms with Gasteiger partial charge < -0.3 is 20.5 Å². The van der Waals surface area contributed by atoms with Crippen molar-refractivity contribution in [3.05, 3.63) is 36.0 Å². The van der Waals surface area contributed by atoms with E-state index in [1.165, 1.54) is 6.20 Å². The van der Waals surface area contributed by atoms with Gasteiger partial charge in [-0.2, -0.15) is 0 Å². The van der Waals surface area contributed by atoms with Gasteiger partial charge in [0.15, 0.2) is 0 Å². The molecular formula is C14H20N2O3. The average molecular weight is 264 g/mol. The summed E-state index contributed by atoms with van der Waals surface area (Å²) in [5.74, 6) is 0.733. The topological polar surface area (TPSA) is 70.6 Å². The third kappa shape index (κ3) is 5.01. The number of hydrogen-bond acceptors (Lipinski definition) is 3. The van der Waals surface area contributed by atoms with Crippen molar-refractivity contribution in [1.29, 1.82) is 0 Å². The van der Waals surface area contributed by atoms with E-state index in [2.05, 4.69) is 10.6 Å². The number of aliphatic hydroxyl groups excluding tert-OH is 1. The third-order valence-electron chi connectivity index (χ3n) is 2.46. The van der Waals surface area contributed by atoms with Gasteiger partial charge in [-0.05, 0) is 26.0 Å². The van der Waals surface area contributed by atoms with Crippen LogP contribution in [0.2, 0.25) is 0 Å². The Hall–Kier alpha value is -2.01. The highest BCUT2D eigenvalue weighted by atomic mass is 16.5. The summed E-state index contributed by atoms with van der Waals surface area (Å²) in [7, 11) is 1.59. The number of carbonyl (C=O) groups excluding carboxylic acids is 1. The lowest BCUT2D eigenvalue weighted by Gasteiger charge is -2.22. The first kappa shape index (κ1) is 15.0. The molecule has 0 saturated heterocycles. The number of nitrogens with one attached hydrogen (secondary N) is 2. The quantitative estimate of drug-likeness (QED) is 0.758. The second-order valence-electron chi connectivity index (χ2n) is 4.72. The molecule has 0 fully saturated rings. The van der Waals surface area contributed by atoms with Gasteiger partial charge in [0.2, 0.25) is 0 Å². The molecule has 19 heavy (non-hydrogen) atoms. The molecule has 2 amide bonds. The Kier molecular flexibility index (Phi) is 5.38. The second kappa shape index (κ2) is 6.80. The van der Waals surface area contributed by atoms with Crippen LogP contribution in [-0.2, 0) is 0 Å². The van der Waals surface area contributed by atoms with Gasteiger partial charge in [0.1, 0.15) is 5.75 Å². The predicted octanol–water partition coefficient (Wildman–Crippen LogP) is 1.74. The Morgan fingerprint density at radius 1 is 1.42 bits per heavy atom. The van der Waals surface area contributed by atoms with Gasteiger partial charge in [0.25, 0.3) is 0 Å². The van der Waals surface area contributed by atoms with Crippen LogP contribution in [-0.4, -0.2) is 30.4 Å². The summed E-state index contributed by atoms with van der Waals surface area (Å²) in [6.45, 7) is 3.34. The van der Waals surface area contributed by atoms with Crippen molar-refractivity contribution in [2.45, 2.75) is 19.4 Å². The minimum absolute atomic E-state index is 0.128. The molecule has 0 aromatic heterocycles. The van der Waals surface area contributed by atoms with E-state index >= 15 is 0 Å². The summed E-state index contributed by atoms with van der Waals surface area (Å²) in [6, 6.07) is 7.11. The summed E-state index contributed by atoms with van der Waals surface area (Å²) < 4.78 is 5.19. The molecule has 0 saturated carbocycles. The molecule has 0 atom stereocenters. The zero-order valence-corrected chi connectivity index (χ0v) is 11.4. The summed E-state index contributed by atoms with van der Waals surface area (Å²) in [5, 5.41) is 14.3. The molecular weight excluding hydrogens is 244 g/mol. The van der Waals surface area contributed by atoms with Gasteiger partial charge in [0.05, 0.1) is 19.3 Å². The van der Waals surface area contributed by atoms with E-state index in [9.17, 15) is 4.79 Å². The van der Waals surface area contributed by atoms with Crippen LogP contribution < -0.4 is 15.4 Å². The van der Waals surface area contributed by atoms with Gasteiger partial charge in [-0.25, -0.2) is 4.79 Å². The molecule has 104 valence electrons. The number of carbonyl (C=O) groups is 1. The number of hydrogen-bond donors (Lipinski definition) is 3. The molecule has 3 N–H and O–H groups in total. The normalized spacial score (nSPS) is 11.4. The monoisotopic (exact) mass is 264 g/mol. The maximum absolute atomic E-state index is 11.5. The van der Waals surface area contributed by atoms with Gasteiger partial charge in [0, 0.05) is 11.8 Å². The number of aliphatic hydroxyl groups is 1. The van der Waals surface area contributed by atoms with Crippen molar-refractivity contribution < 1.29 is 14.6 Å². The Labute approximate surface area is 113 Å². The zero-order valence-electron chi connectivity index (χ0n) is 11.4. The van der Waals surface area contributed by atoms with Crippen molar-refractivity contribution in [2.75, 3.05) is 13.7 Å². The Morgan fingerprint density at radius 2 is 2.11 bits per heavy atom. The first-order valence-electron chi connectivity index (χ1n) is 5.97. The number of urea groups is 1. The number of methoxy groups -OCH3 is 1. The SMILES string of the molecule is COc1ccccc1/C=C/NC(=O)NC(C)(C)CO. The van der Waals surface area contributed by atoms with E-state index in [4.69, 9.17) is 9.84 Å². The minimum atomic E-state index is -0.650. The maximum Gasteiger partial charge on any atom is 0.319 e. The van der Waals surface area contributed by atoms with Crippen LogP contribution >= 0.6 is 0 Å². The molecule has 0 aliphatic rings. The average Bonchev–Trinajstić information content (AvgIpc) is 2.38. The zero-order chi connectivity index (χ0) is 14.3. The number of benzene rings is 1. The fourth-order valence-electron chi connectivity index (χ4n) is 1.39. The van der Waals surface area contributed by atoms with Crippen LogP contribution in [0.3, 0.4) is 0 Å². The molecule has 5 nitrogen and oxygen atoms in total. The molecule has 0 spiro atoms. The van der Waals surface area contributed by atoms with E-state index < -0.39 is 5.54 Å². The van der Waals surface area contributed by atoms with Crippen molar-refractivity contribution in [3.63, 3.8) is 0 Å². The molecule has 1 aromatic rings. The lowest BCUT2D eigenvalue weighted by Crippen LogP contribution is -2.49. The van der Waals surface area contributed by atoms with E-state index in [-0.39, 0.29) is 12.6 Å². The lowest BCUT2D eigenvalue weighted by atomic mass is 10.1. The summed E-state index contributed by atoms with van der Waals surface area (Å²) in [4.78, 5) is 11.5. The van der Waals surface area contributed by atoms with E-state index in [1.54, 1.807) is 27.0 Å². The molecule has 0 aliphatic carbocycles. The van der Waals surface area contributed by atoms with Crippen LogP contribution in [0.1, 0.15) is 19.4 Å². The smallest absolute Gasteiger partial charge is 0.319 e. The van der Waals surface area contributed by atoms with Crippen molar-refractivity contribution in [2.24, 2.45) is 0 Å². The van der Waals surface area contributed by atoms with E-state index in [0.29, 0.717) is 0 Å². The van der Waals surface area contributed by atoms with Gasteiger partial charge in [-0.15, -0.1) is 0 Å². The highest BCUT2D eigenvalue weighted by Gasteiger charge is 2.17. The molecule has 0 heterocycles. The van der Waals surface area contributed by atoms with Crippen LogP contribution in [0.25, 0.3) is 6.08 Å². The minimum Gasteiger partial charge on any atom is -0.496 e. The van der Waals surface area contributed by atoms with Gasteiger partial charge in [-0.1, -0.05) is 18.2 Å². The fraction of sp³-hybridized carbons (Fsp3) is 0.357.